The van der Waals surface area contributed by atoms with E-state index in [1.54, 1.807) is 12.1 Å². The number of benzene rings is 1. The minimum Gasteiger partial charge on any atom is -0.504 e. The second kappa shape index (κ2) is 6.13. The monoisotopic (exact) mass is 312 g/mol. The maximum Gasteiger partial charge on any atom is 0.244 e. The van der Waals surface area contributed by atoms with Gasteiger partial charge in [-0.1, -0.05) is 0 Å². The lowest BCUT2D eigenvalue weighted by Crippen LogP contribution is -2.27. The molecule has 0 unspecified atom stereocenters. The molecule has 0 saturated carbocycles. The van der Waals surface area contributed by atoms with Crippen molar-refractivity contribution in [2.45, 2.75) is 6.42 Å². The lowest BCUT2D eigenvalue weighted by atomic mass is 10.1. The van der Waals surface area contributed by atoms with Gasteiger partial charge in [0.15, 0.2) is 21.3 Å². The normalized spacial score (nSPS) is 20.5. The molecule has 1 saturated heterocycles. The fourth-order valence-corrected chi connectivity index (χ4v) is 3.79. The van der Waals surface area contributed by atoms with Crippen LogP contribution in [-0.4, -0.2) is 44.3 Å². The summed E-state index contributed by atoms with van der Waals surface area (Å²) in [5.74, 6) is -0.734. The Morgan fingerprint density at radius 3 is 2.86 bits per heavy atom. The molecule has 1 fully saturated rings. The van der Waals surface area contributed by atoms with E-state index in [4.69, 9.17) is 4.74 Å². The standard InChI is InChI=1S/C13H16N2O5S/c1-20-12-3-2-9(6-11(12)16)7-14-15-13(17)10-4-5-21(18,19)8-10/h2-3,6-7,10,16H,4-5,8H2,1H3,(H,15,17)/b14-7-/t10-/m0/s1. The number of ether oxygens (including phenoxy) is 1. The molecule has 2 rings (SSSR count). The molecule has 114 valence electrons. The van der Waals surface area contributed by atoms with E-state index < -0.39 is 21.7 Å². The molecule has 0 aliphatic carbocycles. The van der Waals surface area contributed by atoms with Crippen LogP contribution in [0.5, 0.6) is 11.5 Å². The molecular weight excluding hydrogens is 296 g/mol. The number of carbonyl (C=O) groups excluding carboxylic acids is 1. The van der Waals surface area contributed by atoms with Crippen molar-refractivity contribution in [3.05, 3.63) is 23.8 Å². The van der Waals surface area contributed by atoms with Crippen LogP contribution in [0.4, 0.5) is 0 Å². The van der Waals surface area contributed by atoms with Crippen molar-refractivity contribution in [3.8, 4) is 11.5 Å². The summed E-state index contributed by atoms with van der Waals surface area (Å²) in [6.07, 6.45) is 1.69. The third kappa shape index (κ3) is 3.94. The van der Waals surface area contributed by atoms with E-state index in [-0.39, 0.29) is 17.3 Å². The molecule has 2 N–H and O–H groups in total. The van der Waals surface area contributed by atoms with Gasteiger partial charge in [-0.25, -0.2) is 13.8 Å². The molecule has 1 aromatic rings. The first-order valence-electron chi connectivity index (χ1n) is 6.31. The molecular formula is C13H16N2O5S. The molecule has 1 aliphatic rings. The average Bonchev–Trinajstić information content (AvgIpc) is 2.79. The molecule has 1 aromatic carbocycles. The van der Waals surface area contributed by atoms with Crippen molar-refractivity contribution < 1.29 is 23.1 Å². The first kappa shape index (κ1) is 15.3. The predicted octanol–water partition coefficient (Wildman–Crippen LogP) is 0.286. The van der Waals surface area contributed by atoms with Crippen molar-refractivity contribution in [1.29, 1.82) is 0 Å². The zero-order valence-corrected chi connectivity index (χ0v) is 12.3. The van der Waals surface area contributed by atoms with Gasteiger partial charge in [-0.2, -0.15) is 5.10 Å². The Morgan fingerprint density at radius 1 is 1.52 bits per heavy atom. The summed E-state index contributed by atoms with van der Waals surface area (Å²) in [5, 5.41) is 13.3. The van der Waals surface area contributed by atoms with Gasteiger partial charge in [-0.3, -0.25) is 4.79 Å². The summed E-state index contributed by atoms with van der Waals surface area (Å²) >= 11 is 0. The van der Waals surface area contributed by atoms with Crippen LogP contribution in [0.1, 0.15) is 12.0 Å². The summed E-state index contributed by atoms with van der Waals surface area (Å²) in [4.78, 5) is 11.7. The number of hydrogen-bond acceptors (Lipinski definition) is 6. The van der Waals surface area contributed by atoms with Crippen LogP contribution < -0.4 is 10.2 Å². The van der Waals surface area contributed by atoms with Gasteiger partial charge >= 0.3 is 0 Å². The Hall–Kier alpha value is -2.09. The minimum atomic E-state index is -3.09. The fraction of sp³-hybridized carbons (Fsp3) is 0.385. The second-order valence-corrected chi connectivity index (χ2v) is 6.99. The smallest absolute Gasteiger partial charge is 0.244 e. The maximum atomic E-state index is 11.7. The molecule has 8 heteroatoms. The van der Waals surface area contributed by atoms with Crippen molar-refractivity contribution >= 4 is 22.0 Å². The number of phenolic OH excluding ortho intramolecular Hbond substituents is 1. The SMILES string of the molecule is COc1ccc(/C=N\NC(=O)[C@H]2CCS(=O)(=O)C2)cc1O. The first-order valence-corrected chi connectivity index (χ1v) is 8.14. The Morgan fingerprint density at radius 2 is 2.29 bits per heavy atom. The summed E-state index contributed by atoms with van der Waals surface area (Å²) in [7, 11) is -1.65. The Labute approximate surface area is 122 Å². The van der Waals surface area contributed by atoms with E-state index in [1.807, 2.05) is 0 Å². The molecule has 21 heavy (non-hydrogen) atoms. The van der Waals surface area contributed by atoms with E-state index in [0.717, 1.165) is 0 Å². The maximum absolute atomic E-state index is 11.7. The van der Waals surface area contributed by atoms with Gasteiger partial charge in [0.1, 0.15) is 0 Å². The minimum absolute atomic E-state index is 0.0327. The van der Waals surface area contributed by atoms with Crippen LogP contribution in [0.2, 0.25) is 0 Å². The van der Waals surface area contributed by atoms with Crippen LogP contribution in [-0.2, 0) is 14.6 Å². The number of rotatable bonds is 4. The Balaban J connectivity index is 1.93. The highest BCUT2D eigenvalue weighted by Gasteiger charge is 2.32. The van der Waals surface area contributed by atoms with Crippen molar-refractivity contribution in [1.82, 2.24) is 5.43 Å². The number of methoxy groups -OCH3 is 1. The van der Waals surface area contributed by atoms with Gasteiger partial charge in [0.2, 0.25) is 5.91 Å². The molecule has 1 amide bonds. The number of sulfone groups is 1. The third-order valence-electron chi connectivity index (χ3n) is 3.19. The van der Waals surface area contributed by atoms with Crippen LogP contribution in [0, 0.1) is 5.92 Å². The second-order valence-electron chi connectivity index (χ2n) is 4.77. The number of phenols is 1. The van der Waals surface area contributed by atoms with Gasteiger partial charge < -0.3 is 9.84 Å². The highest BCUT2D eigenvalue weighted by molar-refractivity contribution is 7.91. The first-order chi connectivity index (χ1) is 9.91. The Kier molecular flexibility index (Phi) is 4.46. The number of nitrogens with zero attached hydrogens (tertiary/aromatic N) is 1. The topological polar surface area (TPSA) is 105 Å². The zero-order valence-electron chi connectivity index (χ0n) is 11.4. The summed E-state index contributed by atoms with van der Waals surface area (Å²) < 4.78 is 27.5. The van der Waals surface area contributed by atoms with Gasteiger partial charge in [0, 0.05) is 0 Å². The zero-order chi connectivity index (χ0) is 15.5. The van der Waals surface area contributed by atoms with Gasteiger partial charge in [0.05, 0.1) is 30.7 Å². The predicted molar refractivity (Wildman–Crippen MR) is 77.2 cm³/mol. The molecule has 7 nitrogen and oxygen atoms in total. The highest BCUT2D eigenvalue weighted by Crippen LogP contribution is 2.25. The molecule has 0 spiro atoms. The molecule has 1 aliphatic heterocycles. The van der Waals surface area contributed by atoms with E-state index in [9.17, 15) is 18.3 Å². The number of carbonyl (C=O) groups is 1. The average molecular weight is 312 g/mol. The molecule has 1 atom stereocenters. The van der Waals surface area contributed by atoms with E-state index in [0.29, 0.717) is 17.7 Å². The third-order valence-corrected chi connectivity index (χ3v) is 4.96. The van der Waals surface area contributed by atoms with Gasteiger partial charge in [0.25, 0.3) is 0 Å². The number of aromatic hydroxyl groups is 1. The van der Waals surface area contributed by atoms with Crippen LogP contribution in [0.3, 0.4) is 0 Å². The van der Waals surface area contributed by atoms with Crippen molar-refractivity contribution in [2.75, 3.05) is 18.6 Å². The largest absolute Gasteiger partial charge is 0.504 e. The lowest BCUT2D eigenvalue weighted by molar-refractivity contribution is -0.124. The summed E-state index contributed by atoms with van der Waals surface area (Å²) in [6.45, 7) is 0. The van der Waals surface area contributed by atoms with Gasteiger partial charge in [-0.15, -0.1) is 0 Å². The highest BCUT2D eigenvalue weighted by atomic mass is 32.2. The molecule has 0 radical (unpaired) electrons. The molecule has 0 bridgehead atoms. The van der Waals surface area contributed by atoms with E-state index >= 15 is 0 Å². The van der Waals surface area contributed by atoms with E-state index in [2.05, 4.69) is 10.5 Å². The van der Waals surface area contributed by atoms with Crippen molar-refractivity contribution in [2.24, 2.45) is 11.0 Å². The van der Waals surface area contributed by atoms with Crippen LogP contribution >= 0.6 is 0 Å². The molecule has 1 heterocycles. The number of amides is 1. The summed E-state index contributed by atoms with van der Waals surface area (Å²) in [5.41, 5.74) is 2.89. The van der Waals surface area contributed by atoms with Crippen LogP contribution in [0.25, 0.3) is 0 Å². The summed E-state index contributed by atoms with van der Waals surface area (Å²) in [6, 6.07) is 4.67. The quantitative estimate of drug-likeness (QED) is 0.614. The van der Waals surface area contributed by atoms with Crippen molar-refractivity contribution in [3.63, 3.8) is 0 Å². The van der Waals surface area contributed by atoms with Gasteiger partial charge in [-0.05, 0) is 30.2 Å². The number of hydrazone groups is 1. The van der Waals surface area contributed by atoms with Crippen LogP contribution in [0.15, 0.2) is 23.3 Å². The Bertz CT molecular complexity index is 669. The number of nitrogens with one attached hydrogen (secondary N) is 1. The fourth-order valence-electron chi connectivity index (χ4n) is 2.05. The van der Waals surface area contributed by atoms with E-state index in [1.165, 1.54) is 19.4 Å². The molecule has 0 aromatic heterocycles. The number of hydrogen-bond donors (Lipinski definition) is 2. The lowest BCUT2D eigenvalue weighted by Gasteiger charge is -2.05.